The predicted octanol–water partition coefficient (Wildman–Crippen LogP) is 3.47. The second kappa shape index (κ2) is 12.3. The molecule has 6 nitrogen and oxygen atoms in total. The Balaban J connectivity index is 0.00000324. The molecule has 1 aliphatic heterocycles. The summed E-state index contributed by atoms with van der Waals surface area (Å²) in [5.74, 6) is -1.46. The Labute approximate surface area is 209 Å². The number of nitrogens with zero attached hydrogens (tertiary/aromatic N) is 3. The topological polar surface area (TPSA) is 86.9 Å². The Bertz CT molecular complexity index is 1140. The quantitative estimate of drug-likeness (QED) is 0.352. The van der Waals surface area contributed by atoms with Crippen molar-refractivity contribution in [2.75, 3.05) is 13.1 Å². The predicted molar refractivity (Wildman–Crippen MR) is 126 cm³/mol. The first kappa shape index (κ1) is 25.3. The van der Waals surface area contributed by atoms with Crippen LogP contribution in [0.5, 0.6) is 0 Å². The minimum atomic E-state index is -1.27. The molecule has 1 radical (unpaired) electrons. The van der Waals surface area contributed by atoms with Crippen molar-refractivity contribution in [2.45, 2.75) is 25.4 Å². The van der Waals surface area contributed by atoms with Gasteiger partial charge < -0.3 is 20.0 Å². The van der Waals surface area contributed by atoms with Crippen molar-refractivity contribution in [3.05, 3.63) is 107 Å². The molecule has 1 heterocycles. The number of benzene rings is 3. The standard InChI is InChI=1S/C27H27N3O3.Ni/c31-25(32)18-28-26(21-12-5-2-6-13-21)22-14-7-8-15-23(22)29-27(33)24-16-9-17-30(24)19-20-10-3-1-4-11-20;/h1-8,10-15,24H,9,16-19H2,(H2,28,29,31,32,33);/q;+3/p-2/t24-;/m1./s1. The summed E-state index contributed by atoms with van der Waals surface area (Å²) in [4.78, 5) is 30.8. The molecule has 34 heavy (non-hydrogen) atoms. The van der Waals surface area contributed by atoms with Crippen LogP contribution in [-0.2, 0) is 32.6 Å². The van der Waals surface area contributed by atoms with Crippen molar-refractivity contribution in [3.8, 4) is 0 Å². The second-order valence-electron chi connectivity index (χ2n) is 7.98. The average Bonchev–Trinajstić information content (AvgIpc) is 3.29. The fourth-order valence-electron chi connectivity index (χ4n) is 4.15. The van der Waals surface area contributed by atoms with Gasteiger partial charge in [0.15, 0.2) is 0 Å². The number of likely N-dealkylation sites (tertiary alicyclic amines) is 1. The van der Waals surface area contributed by atoms with Crippen molar-refractivity contribution in [1.82, 2.24) is 4.90 Å². The Kier molecular flexibility index (Phi) is 9.14. The summed E-state index contributed by atoms with van der Waals surface area (Å²) in [6.45, 7) is 1.08. The van der Waals surface area contributed by atoms with Crippen molar-refractivity contribution >= 4 is 23.3 Å². The van der Waals surface area contributed by atoms with Gasteiger partial charge in [0.2, 0.25) is 0 Å². The van der Waals surface area contributed by atoms with Gasteiger partial charge in [-0.25, -0.2) is 0 Å². The molecule has 0 unspecified atom stereocenters. The van der Waals surface area contributed by atoms with E-state index in [0.29, 0.717) is 23.5 Å². The summed E-state index contributed by atoms with van der Waals surface area (Å²) >= 11 is 0. The fourth-order valence-corrected chi connectivity index (χ4v) is 4.15. The van der Waals surface area contributed by atoms with Crippen LogP contribution in [0.1, 0.15) is 29.5 Å². The van der Waals surface area contributed by atoms with Crippen LogP contribution < -0.4 is 5.11 Å². The largest absolute Gasteiger partial charge is 3.00 e. The first-order chi connectivity index (χ1) is 16.1. The van der Waals surface area contributed by atoms with Crippen LogP contribution in [0.15, 0.2) is 89.9 Å². The van der Waals surface area contributed by atoms with Crippen molar-refractivity contribution < 1.29 is 31.2 Å². The van der Waals surface area contributed by atoms with E-state index in [4.69, 9.17) is 0 Å². The van der Waals surface area contributed by atoms with Gasteiger partial charge in [-0.3, -0.25) is 9.89 Å². The molecule has 1 atom stereocenters. The molecule has 0 aliphatic carbocycles. The van der Waals surface area contributed by atoms with E-state index in [0.717, 1.165) is 24.9 Å². The van der Waals surface area contributed by atoms with Gasteiger partial charge in [-0.15, -0.1) is 5.69 Å². The first-order valence-electron chi connectivity index (χ1n) is 11.0. The number of para-hydroxylation sites is 1. The molecule has 3 aromatic carbocycles. The number of carbonyl (C=O) groups excluding carboxylic acids is 2. The molecular formula is C27H25N3NiO3+. The van der Waals surface area contributed by atoms with Gasteiger partial charge in [0.05, 0.1) is 30.2 Å². The molecule has 175 valence electrons. The Morgan fingerprint density at radius 1 is 0.941 bits per heavy atom. The van der Waals surface area contributed by atoms with Gasteiger partial charge in [0, 0.05) is 12.1 Å². The van der Waals surface area contributed by atoms with Crippen LogP contribution in [0.4, 0.5) is 5.69 Å². The van der Waals surface area contributed by atoms with Gasteiger partial charge >= 0.3 is 16.5 Å². The molecule has 0 N–H and O–H groups in total. The number of carboxylic acid groups (broad SMARTS) is 1. The molecule has 1 amide bonds. The third-order valence-electron chi connectivity index (χ3n) is 5.68. The summed E-state index contributed by atoms with van der Waals surface area (Å²) in [5, 5.41) is 15.6. The summed E-state index contributed by atoms with van der Waals surface area (Å²) in [5.41, 5.74) is 3.49. The first-order valence-corrected chi connectivity index (χ1v) is 11.0. The fraction of sp³-hybridized carbons (Fsp3) is 0.222. The maximum atomic E-state index is 13.2. The monoisotopic (exact) mass is 497 g/mol. The third-order valence-corrected chi connectivity index (χ3v) is 5.68. The van der Waals surface area contributed by atoms with Crippen LogP contribution in [0.3, 0.4) is 0 Å². The maximum Gasteiger partial charge on any atom is 3.00 e. The molecule has 0 aromatic heterocycles. The van der Waals surface area contributed by atoms with E-state index in [-0.39, 0.29) is 28.4 Å². The number of carbonyl (C=O) groups is 2. The summed E-state index contributed by atoms with van der Waals surface area (Å²) in [7, 11) is 0. The van der Waals surface area contributed by atoms with Crippen molar-refractivity contribution in [2.24, 2.45) is 4.99 Å². The average molecular weight is 498 g/mol. The zero-order chi connectivity index (χ0) is 23.0. The molecule has 7 heteroatoms. The molecule has 0 saturated carbocycles. The molecular weight excluding hydrogens is 473 g/mol. The van der Waals surface area contributed by atoms with Crippen molar-refractivity contribution in [1.29, 1.82) is 0 Å². The summed E-state index contributed by atoms with van der Waals surface area (Å²) in [6.07, 6.45) is 1.71. The van der Waals surface area contributed by atoms with E-state index in [1.165, 1.54) is 5.56 Å². The van der Waals surface area contributed by atoms with Crippen LogP contribution in [0, 0.1) is 0 Å². The smallest absolute Gasteiger partial charge is 0.625 e. The zero-order valence-corrected chi connectivity index (χ0v) is 19.6. The maximum absolute atomic E-state index is 13.2. The van der Waals surface area contributed by atoms with Gasteiger partial charge in [-0.1, -0.05) is 84.9 Å². The molecule has 0 spiro atoms. The van der Waals surface area contributed by atoms with Crippen LogP contribution in [-0.4, -0.2) is 41.6 Å². The summed E-state index contributed by atoms with van der Waals surface area (Å²) < 4.78 is 0. The summed E-state index contributed by atoms with van der Waals surface area (Å²) in [6, 6.07) is 26.3. The van der Waals surface area contributed by atoms with Crippen molar-refractivity contribution in [3.63, 3.8) is 0 Å². The minimum Gasteiger partial charge on any atom is -0.625 e. The number of hydrogen-bond donors (Lipinski definition) is 0. The van der Waals surface area contributed by atoms with E-state index in [2.05, 4.69) is 27.3 Å². The van der Waals surface area contributed by atoms with Crippen LogP contribution in [0.25, 0.3) is 5.32 Å². The third kappa shape index (κ3) is 6.40. The SMILES string of the molecule is O=C([O-])CN=C(c1ccccc1)c1ccccc1[N-]C(=O)[C@H]1CCCN1Cc1ccccc1.[Ni+3]. The molecule has 1 aliphatic rings. The molecule has 1 fully saturated rings. The van der Waals surface area contributed by atoms with Gasteiger partial charge in [-0.2, -0.15) is 0 Å². The Morgan fingerprint density at radius 3 is 2.29 bits per heavy atom. The number of aliphatic imine (C=N–C) groups is 1. The van der Waals surface area contributed by atoms with E-state index >= 15 is 0 Å². The second-order valence-corrected chi connectivity index (χ2v) is 7.98. The zero-order valence-electron chi connectivity index (χ0n) is 18.6. The Morgan fingerprint density at radius 2 is 1.59 bits per heavy atom. The van der Waals surface area contributed by atoms with Gasteiger partial charge in [-0.05, 0) is 30.5 Å². The molecule has 3 aromatic rings. The van der Waals surface area contributed by atoms with E-state index in [1.54, 1.807) is 6.07 Å². The molecule has 0 bridgehead atoms. The van der Waals surface area contributed by atoms with Gasteiger partial charge in [0.1, 0.15) is 0 Å². The van der Waals surface area contributed by atoms with Crippen LogP contribution >= 0.6 is 0 Å². The number of aliphatic carboxylic acids is 1. The number of amides is 1. The molecule has 1 saturated heterocycles. The minimum absolute atomic E-state index is 0. The van der Waals surface area contributed by atoms with Gasteiger partial charge in [0.25, 0.3) is 0 Å². The van der Waals surface area contributed by atoms with E-state index < -0.39 is 12.5 Å². The number of hydrogen-bond acceptors (Lipinski definition) is 5. The normalized spacial score (nSPS) is 16.0. The molecule has 4 rings (SSSR count). The number of rotatable bonds is 8. The Hall–Kier alpha value is -3.28. The van der Waals surface area contributed by atoms with E-state index in [1.807, 2.05) is 66.7 Å². The number of carboxylic acids is 1. The van der Waals surface area contributed by atoms with Crippen LogP contribution in [0.2, 0.25) is 0 Å². The van der Waals surface area contributed by atoms with E-state index in [9.17, 15) is 14.7 Å².